The van der Waals surface area contributed by atoms with Crippen LogP contribution in [0.1, 0.15) is 38.8 Å². The third-order valence-corrected chi connectivity index (χ3v) is 4.63. The number of benzene rings is 1. The molecule has 2 rings (SSSR count). The van der Waals surface area contributed by atoms with E-state index in [-0.39, 0.29) is 6.04 Å². The lowest BCUT2D eigenvalue weighted by atomic mass is 9.96. The van der Waals surface area contributed by atoms with Crippen LogP contribution >= 0.6 is 11.6 Å². The molecule has 0 bridgehead atoms. The monoisotopic (exact) mass is 297 g/mol. The summed E-state index contributed by atoms with van der Waals surface area (Å²) in [4.78, 5) is 0. The van der Waals surface area contributed by atoms with Gasteiger partial charge in [-0.25, -0.2) is 0 Å². The molecule has 1 fully saturated rings. The average Bonchev–Trinajstić information content (AvgIpc) is 3.04. The number of hydrogen-bond acceptors (Lipinski definition) is 3. The fraction of sp³-hybridized carbons (Fsp3) is 0.625. The van der Waals surface area contributed by atoms with Crippen molar-refractivity contribution in [3.63, 3.8) is 0 Å². The summed E-state index contributed by atoms with van der Waals surface area (Å²) in [6.45, 7) is 7.66. The summed E-state index contributed by atoms with van der Waals surface area (Å²) >= 11 is 6.38. The van der Waals surface area contributed by atoms with Crippen LogP contribution in [0.5, 0.6) is 11.5 Å². The second-order valence-corrected chi connectivity index (χ2v) is 6.42. The molecule has 1 aromatic carbocycles. The van der Waals surface area contributed by atoms with Crippen molar-refractivity contribution < 1.29 is 9.47 Å². The molecule has 0 saturated heterocycles. The number of ether oxygens (including phenoxy) is 2. The van der Waals surface area contributed by atoms with E-state index < -0.39 is 0 Å². The summed E-state index contributed by atoms with van der Waals surface area (Å²) in [5.41, 5.74) is 1.50. The minimum absolute atomic E-state index is 0.272. The molecule has 1 aromatic rings. The van der Waals surface area contributed by atoms with Crippen molar-refractivity contribution in [1.82, 2.24) is 5.32 Å². The molecule has 0 radical (unpaired) electrons. The first-order valence-corrected chi connectivity index (χ1v) is 7.47. The van der Waals surface area contributed by atoms with Crippen molar-refractivity contribution in [3.05, 3.63) is 22.7 Å². The van der Waals surface area contributed by atoms with Gasteiger partial charge in [-0.15, -0.1) is 0 Å². The SMILES string of the molecule is CCNC(c1ccc(OC)c(Cl)c1OC)C1CC1(C)C. The van der Waals surface area contributed by atoms with Crippen LogP contribution in [0.15, 0.2) is 12.1 Å². The van der Waals surface area contributed by atoms with E-state index >= 15 is 0 Å². The van der Waals surface area contributed by atoms with Gasteiger partial charge in [0.15, 0.2) is 0 Å². The molecule has 0 heterocycles. The van der Waals surface area contributed by atoms with E-state index in [1.165, 1.54) is 6.42 Å². The normalized spacial score (nSPS) is 21.4. The van der Waals surface area contributed by atoms with Crippen LogP contribution in [0.4, 0.5) is 0 Å². The third-order valence-electron chi connectivity index (χ3n) is 4.27. The minimum Gasteiger partial charge on any atom is -0.495 e. The summed E-state index contributed by atoms with van der Waals surface area (Å²) < 4.78 is 10.8. The van der Waals surface area contributed by atoms with Gasteiger partial charge in [-0.2, -0.15) is 0 Å². The van der Waals surface area contributed by atoms with Crippen LogP contribution in [0.3, 0.4) is 0 Å². The highest BCUT2D eigenvalue weighted by atomic mass is 35.5. The van der Waals surface area contributed by atoms with Crippen molar-refractivity contribution in [2.45, 2.75) is 33.2 Å². The fourth-order valence-corrected chi connectivity index (χ4v) is 3.26. The summed E-state index contributed by atoms with van der Waals surface area (Å²) in [6, 6.07) is 4.25. The van der Waals surface area contributed by atoms with Crippen molar-refractivity contribution in [3.8, 4) is 11.5 Å². The average molecular weight is 298 g/mol. The number of hydrogen-bond donors (Lipinski definition) is 1. The van der Waals surface area contributed by atoms with E-state index in [1.807, 2.05) is 6.07 Å². The molecule has 1 aliphatic carbocycles. The van der Waals surface area contributed by atoms with Gasteiger partial charge in [0.05, 0.1) is 14.2 Å². The predicted octanol–water partition coefficient (Wildman–Crippen LogP) is 4.05. The molecule has 112 valence electrons. The van der Waals surface area contributed by atoms with Crippen LogP contribution < -0.4 is 14.8 Å². The van der Waals surface area contributed by atoms with Gasteiger partial charge in [0.25, 0.3) is 0 Å². The molecule has 0 spiro atoms. The Kier molecular flexibility index (Phi) is 4.50. The Hall–Kier alpha value is -0.930. The number of halogens is 1. The summed E-state index contributed by atoms with van der Waals surface area (Å²) in [7, 11) is 3.28. The molecular formula is C16H24ClNO2. The first kappa shape index (κ1) is 15.5. The maximum atomic E-state index is 6.38. The van der Waals surface area contributed by atoms with Crippen LogP contribution in [-0.2, 0) is 0 Å². The maximum Gasteiger partial charge on any atom is 0.146 e. The molecule has 0 amide bonds. The van der Waals surface area contributed by atoms with Gasteiger partial charge in [0.1, 0.15) is 16.5 Å². The zero-order valence-corrected chi connectivity index (χ0v) is 13.7. The molecule has 2 atom stereocenters. The van der Waals surface area contributed by atoms with E-state index in [0.29, 0.717) is 22.1 Å². The van der Waals surface area contributed by atoms with E-state index in [4.69, 9.17) is 21.1 Å². The maximum absolute atomic E-state index is 6.38. The Bertz CT molecular complexity index is 488. The first-order valence-electron chi connectivity index (χ1n) is 7.10. The lowest BCUT2D eigenvalue weighted by Gasteiger charge is -2.23. The first-order chi connectivity index (χ1) is 9.46. The number of rotatable bonds is 6. The van der Waals surface area contributed by atoms with Gasteiger partial charge in [-0.05, 0) is 36.4 Å². The van der Waals surface area contributed by atoms with E-state index in [9.17, 15) is 0 Å². The smallest absolute Gasteiger partial charge is 0.146 e. The molecule has 4 heteroatoms. The van der Waals surface area contributed by atoms with Crippen LogP contribution in [0.2, 0.25) is 5.02 Å². The van der Waals surface area contributed by atoms with Crippen molar-refractivity contribution in [2.75, 3.05) is 20.8 Å². The Morgan fingerprint density at radius 3 is 2.45 bits per heavy atom. The Labute approximate surface area is 126 Å². The van der Waals surface area contributed by atoms with Crippen molar-refractivity contribution >= 4 is 11.6 Å². The van der Waals surface area contributed by atoms with Crippen molar-refractivity contribution in [1.29, 1.82) is 0 Å². The summed E-state index contributed by atoms with van der Waals surface area (Å²) in [5.74, 6) is 1.98. The van der Waals surface area contributed by atoms with Gasteiger partial charge in [-0.1, -0.05) is 32.4 Å². The molecule has 1 aliphatic rings. The molecule has 20 heavy (non-hydrogen) atoms. The summed E-state index contributed by atoms with van der Waals surface area (Å²) in [6.07, 6.45) is 1.22. The highest BCUT2D eigenvalue weighted by molar-refractivity contribution is 6.33. The highest BCUT2D eigenvalue weighted by Gasteiger charge is 2.51. The van der Waals surface area contributed by atoms with Gasteiger partial charge < -0.3 is 14.8 Å². The highest BCUT2D eigenvalue weighted by Crippen LogP contribution is 2.59. The molecule has 0 aliphatic heterocycles. The molecule has 1 N–H and O–H groups in total. The molecule has 1 saturated carbocycles. The topological polar surface area (TPSA) is 30.5 Å². The van der Waals surface area contributed by atoms with Gasteiger partial charge in [0.2, 0.25) is 0 Å². The standard InChI is InChI=1S/C16H24ClNO2/c1-6-18-14(11-9-16(11,2)3)10-7-8-12(19-4)13(17)15(10)20-5/h7-8,11,14,18H,6,9H2,1-5H3. The summed E-state index contributed by atoms with van der Waals surface area (Å²) in [5, 5.41) is 4.13. The second-order valence-electron chi connectivity index (χ2n) is 6.04. The van der Waals surface area contributed by atoms with Crippen LogP contribution in [0.25, 0.3) is 0 Å². The van der Waals surface area contributed by atoms with Crippen LogP contribution in [0, 0.1) is 11.3 Å². The molecule has 3 nitrogen and oxygen atoms in total. The second kappa shape index (κ2) is 5.82. The third kappa shape index (κ3) is 2.75. The van der Waals surface area contributed by atoms with Crippen molar-refractivity contribution in [2.24, 2.45) is 11.3 Å². The Morgan fingerprint density at radius 1 is 1.35 bits per heavy atom. The Morgan fingerprint density at radius 2 is 2.00 bits per heavy atom. The molecule has 0 aromatic heterocycles. The zero-order valence-electron chi connectivity index (χ0n) is 12.9. The predicted molar refractivity (Wildman–Crippen MR) is 82.9 cm³/mol. The fourth-order valence-electron chi connectivity index (χ4n) is 2.93. The zero-order chi connectivity index (χ0) is 14.9. The van der Waals surface area contributed by atoms with Gasteiger partial charge >= 0.3 is 0 Å². The van der Waals surface area contributed by atoms with E-state index in [1.54, 1.807) is 14.2 Å². The number of nitrogens with one attached hydrogen (secondary N) is 1. The van der Waals surface area contributed by atoms with E-state index in [2.05, 4.69) is 32.2 Å². The lowest BCUT2D eigenvalue weighted by Crippen LogP contribution is -2.25. The largest absolute Gasteiger partial charge is 0.495 e. The minimum atomic E-state index is 0.272. The molecular weight excluding hydrogens is 274 g/mol. The molecule has 2 unspecified atom stereocenters. The van der Waals surface area contributed by atoms with Gasteiger partial charge in [-0.3, -0.25) is 0 Å². The van der Waals surface area contributed by atoms with Gasteiger partial charge in [0, 0.05) is 11.6 Å². The quantitative estimate of drug-likeness (QED) is 0.859. The lowest BCUT2D eigenvalue weighted by molar-refractivity contribution is 0.370. The van der Waals surface area contributed by atoms with E-state index in [0.717, 1.165) is 17.9 Å². The van der Waals surface area contributed by atoms with Crippen LogP contribution in [-0.4, -0.2) is 20.8 Å². The number of methoxy groups -OCH3 is 2. The Balaban J connectivity index is 2.41.